The van der Waals surface area contributed by atoms with E-state index >= 15 is 0 Å². The third-order valence-electron chi connectivity index (χ3n) is 0.686. The smallest absolute Gasteiger partial charge is 0.282 e. The summed E-state index contributed by atoms with van der Waals surface area (Å²) < 4.78 is 0. The lowest BCUT2D eigenvalue weighted by atomic mass is 10.9. The standard InChI is InChI=1S/C4H9N3OS/c1-5-3(6-2)7-4(8)9/h1-2H3,(H3,5,6,7,8,9). The summed E-state index contributed by atoms with van der Waals surface area (Å²) in [7, 11) is 3.22. The molecule has 0 atom stereocenters. The van der Waals surface area contributed by atoms with Gasteiger partial charge in [0.25, 0.3) is 5.24 Å². The van der Waals surface area contributed by atoms with Gasteiger partial charge in [0, 0.05) is 14.1 Å². The van der Waals surface area contributed by atoms with Crippen LogP contribution in [0.3, 0.4) is 0 Å². The topological polar surface area (TPSA) is 53.5 Å². The average Bonchev–Trinajstić information content (AvgIpc) is 1.82. The molecule has 0 spiro atoms. The molecule has 0 aromatic heterocycles. The second-order valence-electron chi connectivity index (χ2n) is 1.25. The van der Waals surface area contributed by atoms with Crippen molar-refractivity contribution in [3.8, 4) is 0 Å². The average molecular weight is 147 g/mol. The molecule has 0 bridgehead atoms. The van der Waals surface area contributed by atoms with Crippen LogP contribution in [-0.4, -0.2) is 25.3 Å². The zero-order chi connectivity index (χ0) is 7.28. The molecule has 0 aliphatic heterocycles. The van der Waals surface area contributed by atoms with E-state index in [4.69, 9.17) is 0 Å². The Morgan fingerprint density at radius 2 is 2.22 bits per heavy atom. The number of rotatable bonds is 0. The van der Waals surface area contributed by atoms with E-state index in [1.807, 2.05) is 0 Å². The Bertz CT molecular complexity index is 134. The summed E-state index contributed by atoms with van der Waals surface area (Å²) >= 11 is 3.47. The molecular weight excluding hydrogens is 138 g/mol. The van der Waals surface area contributed by atoms with Crippen LogP contribution in [0, 0.1) is 0 Å². The van der Waals surface area contributed by atoms with Gasteiger partial charge in [0.2, 0.25) is 0 Å². The van der Waals surface area contributed by atoms with Gasteiger partial charge in [0.05, 0.1) is 0 Å². The van der Waals surface area contributed by atoms with Crippen molar-refractivity contribution in [2.24, 2.45) is 4.99 Å². The first-order valence-corrected chi connectivity index (χ1v) is 2.80. The molecule has 0 saturated carbocycles. The van der Waals surface area contributed by atoms with Crippen molar-refractivity contribution in [3.63, 3.8) is 0 Å². The molecule has 0 aromatic rings. The number of carbonyl (C=O) groups excluding carboxylic acids is 1. The summed E-state index contributed by atoms with van der Waals surface area (Å²) in [5.74, 6) is 0.412. The third kappa shape index (κ3) is 3.84. The summed E-state index contributed by atoms with van der Waals surface area (Å²) in [6, 6.07) is 0. The minimum absolute atomic E-state index is 0.412. The molecule has 4 nitrogen and oxygen atoms in total. The van der Waals surface area contributed by atoms with Crippen molar-refractivity contribution in [1.82, 2.24) is 10.6 Å². The van der Waals surface area contributed by atoms with Crippen molar-refractivity contribution in [2.45, 2.75) is 0 Å². The Hall–Kier alpha value is -0.710. The van der Waals surface area contributed by atoms with Crippen molar-refractivity contribution in [3.05, 3.63) is 0 Å². The van der Waals surface area contributed by atoms with Crippen molar-refractivity contribution in [2.75, 3.05) is 14.1 Å². The van der Waals surface area contributed by atoms with Crippen LogP contribution >= 0.6 is 12.6 Å². The lowest BCUT2D eigenvalue weighted by Gasteiger charge is -2.01. The Labute approximate surface area is 59.1 Å². The summed E-state index contributed by atoms with van der Waals surface area (Å²) in [4.78, 5) is 13.9. The Morgan fingerprint density at radius 3 is 2.33 bits per heavy atom. The molecule has 0 rings (SSSR count). The van der Waals surface area contributed by atoms with Gasteiger partial charge < -0.3 is 5.32 Å². The number of amides is 1. The van der Waals surface area contributed by atoms with Gasteiger partial charge in [-0.3, -0.25) is 15.1 Å². The lowest BCUT2D eigenvalue weighted by Crippen LogP contribution is -2.36. The highest BCUT2D eigenvalue weighted by atomic mass is 32.1. The first kappa shape index (κ1) is 8.29. The maximum absolute atomic E-state index is 10.2. The van der Waals surface area contributed by atoms with Gasteiger partial charge in [-0.1, -0.05) is 12.6 Å². The first-order chi connectivity index (χ1) is 4.20. The highest BCUT2D eigenvalue weighted by molar-refractivity contribution is 7.96. The highest BCUT2D eigenvalue weighted by Crippen LogP contribution is 1.74. The molecular formula is C4H9N3OS. The first-order valence-electron chi connectivity index (χ1n) is 2.35. The molecule has 0 aromatic carbocycles. The molecule has 2 N–H and O–H groups in total. The van der Waals surface area contributed by atoms with E-state index in [1.54, 1.807) is 14.1 Å². The molecule has 0 saturated heterocycles. The number of nitrogens with zero attached hydrogens (tertiary/aromatic N) is 1. The molecule has 52 valence electrons. The fraction of sp³-hybridized carbons (Fsp3) is 0.500. The van der Waals surface area contributed by atoms with Crippen molar-refractivity contribution in [1.29, 1.82) is 0 Å². The van der Waals surface area contributed by atoms with E-state index in [2.05, 4.69) is 28.3 Å². The van der Waals surface area contributed by atoms with Crippen LogP contribution < -0.4 is 10.6 Å². The van der Waals surface area contributed by atoms with Crippen LogP contribution in [0.5, 0.6) is 0 Å². The van der Waals surface area contributed by atoms with Gasteiger partial charge in [0.1, 0.15) is 0 Å². The highest BCUT2D eigenvalue weighted by Gasteiger charge is 1.94. The molecule has 1 amide bonds. The number of hydrogen-bond donors (Lipinski definition) is 3. The Balaban J connectivity index is 3.71. The quantitative estimate of drug-likeness (QED) is 0.253. The van der Waals surface area contributed by atoms with Crippen molar-refractivity contribution >= 4 is 23.8 Å². The van der Waals surface area contributed by atoms with Gasteiger partial charge in [-0.25, -0.2) is 0 Å². The molecule has 5 heteroatoms. The SMILES string of the molecule is CN=C(NC)NC(=O)S. The van der Waals surface area contributed by atoms with Gasteiger partial charge in [-0.15, -0.1) is 0 Å². The largest absolute Gasteiger partial charge is 0.359 e. The molecule has 0 aliphatic carbocycles. The Kier molecular flexibility index (Phi) is 3.87. The molecule has 0 aliphatic rings. The number of carbonyl (C=O) groups is 1. The monoisotopic (exact) mass is 147 g/mol. The molecule has 0 fully saturated rings. The minimum Gasteiger partial charge on any atom is -0.359 e. The summed E-state index contributed by atoms with van der Waals surface area (Å²) in [5, 5.41) is 4.57. The van der Waals surface area contributed by atoms with E-state index < -0.39 is 5.24 Å². The lowest BCUT2D eigenvalue weighted by molar-refractivity contribution is 0.264. The van der Waals surface area contributed by atoms with Gasteiger partial charge in [0.15, 0.2) is 5.96 Å². The summed E-state index contributed by atoms with van der Waals surface area (Å²) in [6.07, 6.45) is 0. The van der Waals surface area contributed by atoms with E-state index in [0.29, 0.717) is 5.96 Å². The van der Waals surface area contributed by atoms with Crippen LogP contribution in [0.2, 0.25) is 0 Å². The predicted molar refractivity (Wildman–Crippen MR) is 39.9 cm³/mol. The second-order valence-corrected chi connectivity index (χ2v) is 1.66. The molecule has 0 unspecified atom stereocenters. The zero-order valence-electron chi connectivity index (χ0n) is 5.30. The maximum Gasteiger partial charge on any atom is 0.282 e. The number of aliphatic imine (C=N–C) groups is 1. The molecule has 0 radical (unpaired) electrons. The van der Waals surface area contributed by atoms with Crippen LogP contribution in [0.4, 0.5) is 4.79 Å². The van der Waals surface area contributed by atoms with Crippen molar-refractivity contribution < 1.29 is 4.79 Å². The van der Waals surface area contributed by atoms with Crippen LogP contribution in [0.1, 0.15) is 0 Å². The normalized spacial score (nSPS) is 10.8. The van der Waals surface area contributed by atoms with E-state index in [0.717, 1.165) is 0 Å². The maximum atomic E-state index is 10.2. The van der Waals surface area contributed by atoms with E-state index in [9.17, 15) is 4.79 Å². The second kappa shape index (κ2) is 4.20. The van der Waals surface area contributed by atoms with Crippen LogP contribution in [-0.2, 0) is 0 Å². The number of hydrogen-bond acceptors (Lipinski definition) is 2. The molecule has 0 heterocycles. The minimum atomic E-state index is -0.426. The van der Waals surface area contributed by atoms with Gasteiger partial charge >= 0.3 is 0 Å². The van der Waals surface area contributed by atoms with E-state index in [1.165, 1.54) is 0 Å². The predicted octanol–water partition coefficient (Wildman–Crippen LogP) is -0.169. The third-order valence-corrected chi connectivity index (χ3v) is 0.798. The Morgan fingerprint density at radius 1 is 1.67 bits per heavy atom. The fourth-order valence-electron chi connectivity index (χ4n) is 0.331. The van der Waals surface area contributed by atoms with Crippen LogP contribution in [0.25, 0.3) is 0 Å². The molecule has 9 heavy (non-hydrogen) atoms. The number of nitrogens with one attached hydrogen (secondary N) is 2. The summed E-state index contributed by atoms with van der Waals surface area (Å²) in [6.45, 7) is 0. The zero-order valence-corrected chi connectivity index (χ0v) is 6.20. The van der Waals surface area contributed by atoms with Crippen LogP contribution in [0.15, 0.2) is 4.99 Å². The summed E-state index contributed by atoms with van der Waals surface area (Å²) in [5.41, 5.74) is 0. The number of thiol groups is 1. The van der Waals surface area contributed by atoms with Gasteiger partial charge in [-0.05, 0) is 0 Å². The fourth-order valence-corrected chi connectivity index (χ4v) is 0.437. The van der Waals surface area contributed by atoms with Gasteiger partial charge in [-0.2, -0.15) is 0 Å². The van der Waals surface area contributed by atoms with E-state index in [-0.39, 0.29) is 0 Å². The number of guanidine groups is 1.